The van der Waals surface area contributed by atoms with Gasteiger partial charge in [0, 0.05) is 11.8 Å². The monoisotopic (exact) mass is 357 g/mol. The van der Waals surface area contributed by atoms with Crippen molar-refractivity contribution in [2.45, 2.75) is 6.18 Å². The summed E-state index contributed by atoms with van der Waals surface area (Å²) in [7, 11) is 3.65. The van der Waals surface area contributed by atoms with Gasteiger partial charge in [0.1, 0.15) is 5.56 Å². The number of halogens is 3. The van der Waals surface area contributed by atoms with Gasteiger partial charge in [-0.05, 0) is 18.2 Å². The minimum atomic E-state index is -4.69. The smallest absolute Gasteiger partial charge is 0.418 e. The van der Waals surface area contributed by atoms with Crippen molar-refractivity contribution in [3.63, 3.8) is 0 Å². The number of aromatic nitrogens is 1. The molecule has 0 atom stereocenters. The van der Waals surface area contributed by atoms with E-state index in [0.29, 0.717) is 0 Å². The molecular weight excluding hydrogens is 343 g/mol. The average Bonchev–Trinajstić information content (AvgIpc) is 2.58. The Labute approximate surface area is 140 Å². The first kappa shape index (κ1) is 18.4. The summed E-state index contributed by atoms with van der Waals surface area (Å²) >= 11 is 0. The summed E-state index contributed by atoms with van der Waals surface area (Å²) in [6.07, 6.45) is -3.52. The van der Waals surface area contributed by atoms with Gasteiger partial charge in [-0.1, -0.05) is 0 Å². The quantitative estimate of drug-likeness (QED) is 0.883. The molecule has 2 rings (SSSR count). The lowest BCUT2D eigenvalue weighted by Gasteiger charge is -2.19. The van der Waals surface area contributed by atoms with Gasteiger partial charge in [0.15, 0.2) is 11.5 Å². The van der Waals surface area contributed by atoms with Crippen LogP contribution in [0.4, 0.5) is 13.2 Å². The van der Waals surface area contributed by atoms with E-state index in [1.165, 1.54) is 27.5 Å². The Morgan fingerprint density at radius 3 is 2.16 bits per heavy atom. The maximum Gasteiger partial charge on any atom is 0.418 e. The molecule has 0 aliphatic rings. The third-order valence-corrected chi connectivity index (χ3v) is 3.40. The third kappa shape index (κ3) is 3.30. The van der Waals surface area contributed by atoms with Crippen LogP contribution in [0.2, 0.25) is 0 Å². The second kappa shape index (κ2) is 6.88. The highest BCUT2D eigenvalue weighted by molar-refractivity contribution is 5.96. The molecule has 0 saturated heterocycles. The SMILES string of the molecule is COc1c(C(=O)O)cc(-c2ncccc2C(F)(F)F)c(OC)c1OC. The molecular formula is C16H14F3NO5. The number of rotatable bonds is 5. The van der Waals surface area contributed by atoms with Crippen LogP contribution in [0, 0.1) is 0 Å². The van der Waals surface area contributed by atoms with Gasteiger partial charge in [-0.3, -0.25) is 4.98 Å². The molecule has 1 aromatic carbocycles. The Kier molecular flexibility index (Phi) is 5.05. The predicted octanol–water partition coefficient (Wildman–Crippen LogP) is 3.49. The molecule has 0 bridgehead atoms. The van der Waals surface area contributed by atoms with Crippen LogP contribution in [0.3, 0.4) is 0 Å². The van der Waals surface area contributed by atoms with Crippen LogP contribution < -0.4 is 14.2 Å². The number of hydrogen-bond acceptors (Lipinski definition) is 5. The number of pyridine rings is 1. The van der Waals surface area contributed by atoms with Gasteiger partial charge in [-0.25, -0.2) is 4.79 Å². The first-order valence-electron chi connectivity index (χ1n) is 6.85. The lowest BCUT2D eigenvalue weighted by Crippen LogP contribution is -2.10. The van der Waals surface area contributed by atoms with Crippen molar-refractivity contribution in [3.05, 3.63) is 35.5 Å². The number of carboxylic acid groups (broad SMARTS) is 1. The van der Waals surface area contributed by atoms with Crippen LogP contribution >= 0.6 is 0 Å². The fourth-order valence-electron chi connectivity index (χ4n) is 2.40. The van der Waals surface area contributed by atoms with Crippen molar-refractivity contribution in [1.29, 1.82) is 0 Å². The molecule has 0 spiro atoms. The molecule has 1 aromatic heterocycles. The van der Waals surface area contributed by atoms with Crippen LogP contribution in [0.5, 0.6) is 17.2 Å². The fourth-order valence-corrected chi connectivity index (χ4v) is 2.40. The minimum Gasteiger partial charge on any atom is -0.492 e. The minimum absolute atomic E-state index is 0.117. The Morgan fingerprint density at radius 2 is 1.68 bits per heavy atom. The van der Waals surface area contributed by atoms with Crippen molar-refractivity contribution in [2.75, 3.05) is 21.3 Å². The van der Waals surface area contributed by atoms with Crippen molar-refractivity contribution >= 4 is 5.97 Å². The number of carbonyl (C=O) groups is 1. The summed E-state index contributed by atoms with van der Waals surface area (Å²) in [5, 5.41) is 9.36. The third-order valence-electron chi connectivity index (χ3n) is 3.40. The summed E-state index contributed by atoms with van der Waals surface area (Å²) in [5.41, 5.74) is -2.06. The molecule has 0 amide bonds. The van der Waals surface area contributed by atoms with Crippen LogP contribution in [0.25, 0.3) is 11.3 Å². The zero-order valence-corrected chi connectivity index (χ0v) is 13.5. The molecule has 134 valence electrons. The van der Waals surface area contributed by atoms with E-state index in [0.717, 1.165) is 18.2 Å². The van der Waals surface area contributed by atoms with E-state index in [1.54, 1.807) is 0 Å². The van der Waals surface area contributed by atoms with Gasteiger partial charge >= 0.3 is 12.1 Å². The average molecular weight is 357 g/mol. The molecule has 0 fully saturated rings. The number of nitrogens with zero attached hydrogens (tertiary/aromatic N) is 1. The van der Waals surface area contributed by atoms with Crippen LogP contribution in [-0.4, -0.2) is 37.4 Å². The zero-order chi connectivity index (χ0) is 18.8. The normalized spacial score (nSPS) is 11.1. The van der Waals surface area contributed by atoms with Gasteiger partial charge in [0.25, 0.3) is 0 Å². The Balaban J connectivity index is 2.92. The molecule has 0 aliphatic heterocycles. The summed E-state index contributed by atoms with van der Waals surface area (Å²) in [4.78, 5) is 15.3. The molecule has 6 nitrogen and oxygen atoms in total. The van der Waals surface area contributed by atoms with E-state index < -0.39 is 23.4 Å². The second-order valence-electron chi connectivity index (χ2n) is 4.77. The van der Waals surface area contributed by atoms with Crippen LogP contribution in [0.15, 0.2) is 24.4 Å². The number of ether oxygens (including phenoxy) is 3. The highest BCUT2D eigenvalue weighted by Gasteiger charge is 2.36. The molecule has 1 heterocycles. The van der Waals surface area contributed by atoms with Crippen molar-refractivity contribution in [2.24, 2.45) is 0 Å². The van der Waals surface area contributed by atoms with E-state index in [9.17, 15) is 23.1 Å². The molecule has 0 saturated carbocycles. The van der Waals surface area contributed by atoms with Crippen molar-refractivity contribution < 1.29 is 37.3 Å². The van der Waals surface area contributed by atoms with E-state index in [2.05, 4.69) is 4.98 Å². The summed E-state index contributed by atoms with van der Waals surface area (Å²) < 4.78 is 55.2. The zero-order valence-electron chi connectivity index (χ0n) is 13.5. The van der Waals surface area contributed by atoms with Crippen molar-refractivity contribution in [3.8, 4) is 28.5 Å². The summed E-state index contributed by atoms with van der Waals surface area (Å²) in [6.45, 7) is 0. The number of alkyl halides is 3. The lowest BCUT2D eigenvalue weighted by atomic mass is 10.00. The number of carboxylic acids is 1. The number of methoxy groups -OCH3 is 3. The second-order valence-corrected chi connectivity index (χ2v) is 4.77. The fraction of sp³-hybridized carbons (Fsp3) is 0.250. The van der Waals surface area contributed by atoms with E-state index in [1.807, 2.05) is 0 Å². The Hall–Kier alpha value is -2.97. The highest BCUT2D eigenvalue weighted by Crippen LogP contribution is 2.48. The van der Waals surface area contributed by atoms with Crippen molar-refractivity contribution in [1.82, 2.24) is 4.98 Å². The molecule has 2 aromatic rings. The topological polar surface area (TPSA) is 77.9 Å². The van der Waals surface area contributed by atoms with Crippen LogP contribution in [0.1, 0.15) is 15.9 Å². The van der Waals surface area contributed by atoms with Gasteiger partial charge in [0.2, 0.25) is 5.75 Å². The summed E-state index contributed by atoms with van der Waals surface area (Å²) in [6, 6.07) is 3.00. The number of aromatic carboxylic acids is 1. The molecule has 0 unspecified atom stereocenters. The van der Waals surface area contributed by atoms with Gasteiger partial charge in [-0.15, -0.1) is 0 Å². The molecule has 1 N–H and O–H groups in total. The first-order chi connectivity index (χ1) is 11.8. The van der Waals surface area contributed by atoms with Gasteiger partial charge < -0.3 is 19.3 Å². The molecule has 25 heavy (non-hydrogen) atoms. The maximum absolute atomic E-state index is 13.3. The summed E-state index contributed by atoms with van der Waals surface area (Å²) in [5.74, 6) is -1.82. The number of hydrogen-bond donors (Lipinski definition) is 1. The largest absolute Gasteiger partial charge is 0.492 e. The highest BCUT2D eigenvalue weighted by atomic mass is 19.4. The Morgan fingerprint density at radius 1 is 1.08 bits per heavy atom. The predicted molar refractivity (Wildman–Crippen MR) is 81.3 cm³/mol. The Bertz CT molecular complexity index is 805. The van der Waals surface area contributed by atoms with Gasteiger partial charge in [0.05, 0.1) is 32.6 Å². The molecule has 0 radical (unpaired) electrons. The van der Waals surface area contributed by atoms with E-state index in [4.69, 9.17) is 14.2 Å². The molecule has 9 heteroatoms. The first-order valence-corrected chi connectivity index (χ1v) is 6.85. The number of benzene rings is 1. The molecule has 0 aliphatic carbocycles. The van der Waals surface area contributed by atoms with Gasteiger partial charge in [-0.2, -0.15) is 13.2 Å². The van der Waals surface area contributed by atoms with E-state index >= 15 is 0 Å². The maximum atomic E-state index is 13.3. The van der Waals surface area contributed by atoms with E-state index in [-0.39, 0.29) is 28.4 Å². The van der Waals surface area contributed by atoms with Crippen LogP contribution in [-0.2, 0) is 6.18 Å². The lowest BCUT2D eigenvalue weighted by molar-refractivity contribution is -0.137. The standard InChI is InChI=1S/C16H14F3NO5/c1-23-12-8(11-10(16(17,18)19)5-4-6-20-11)7-9(15(21)22)13(24-2)14(12)25-3/h4-7H,1-3H3,(H,21,22).